The standard InChI is InChI=1S/C14H17FN2S/c1-14(2)6-3-7-16-12(14)13-17-10-8-9(15)4-5-11(10)18-13/h4-5,8,12,16H,3,6-7H2,1-2H3. The molecule has 3 rings (SSSR count). The van der Waals surface area contributed by atoms with E-state index in [4.69, 9.17) is 0 Å². The molecule has 96 valence electrons. The molecule has 1 aliphatic heterocycles. The SMILES string of the molecule is CC1(C)CCCNC1c1nc2cc(F)ccc2s1. The summed E-state index contributed by atoms with van der Waals surface area (Å²) in [5.74, 6) is -0.213. The van der Waals surface area contributed by atoms with E-state index in [-0.39, 0.29) is 17.3 Å². The summed E-state index contributed by atoms with van der Waals surface area (Å²) in [6.07, 6.45) is 2.41. The van der Waals surface area contributed by atoms with Crippen LogP contribution in [0.4, 0.5) is 4.39 Å². The van der Waals surface area contributed by atoms with Gasteiger partial charge in [-0.25, -0.2) is 9.37 Å². The molecule has 1 aromatic heterocycles. The van der Waals surface area contributed by atoms with Crippen LogP contribution < -0.4 is 5.32 Å². The van der Waals surface area contributed by atoms with Gasteiger partial charge in [0.05, 0.1) is 16.3 Å². The van der Waals surface area contributed by atoms with E-state index in [0.29, 0.717) is 0 Å². The third-order valence-electron chi connectivity index (χ3n) is 3.74. The molecule has 2 aromatic rings. The minimum Gasteiger partial charge on any atom is -0.307 e. The summed E-state index contributed by atoms with van der Waals surface area (Å²) in [6.45, 7) is 5.59. The lowest BCUT2D eigenvalue weighted by Crippen LogP contribution is -2.39. The minimum atomic E-state index is -0.213. The fourth-order valence-corrected chi connectivity index (χ4v) is 3.91. The van der Waals surface area contributed by atoms with Crippen molar-refractivity contribution in [1.29, 1.82) is 0 Å². The van der Waals surface area contributed by atoms with E-state index >= 15 is 0 Å². The molecule has 1 fully saturated rings. The van der Waals surface area contributed by atoms with Gasteiger partial charge in [-0.2, -0.15) is 0 Å². The van der Waals surface area contributed by atoms with E-state index in [0.717, 1.165) is 21.8 Å². The van der Waals surface area contributed by atoms with Crippen molar-refractivity contribution < 1.29 is 4.39 Å². The fraction of sp³-hybridized carbons (Fsp3) is 0.500. The quantitative estimate of drug-likeness (QED) is 0.845. The number of nitrogens with zero attached hydrogens (tertiary/aromatic N) is 1. The Labute approximate surface area is 110 Å². The molecule has 0 amide bonds. The molecule has 1 aliphatic rings. The number of fused-ring (bicyclic) bond motifs is 1. The maximum absolute atomic E-state index is 13.2. The number of benzene rings is 1. The van der Waals surface area contributed by atoms with Gasteiger partial charge >= 0.3 is 0 Å². The number of thiazole rings is 1. The average Bonchev–Trinajstić information content (AvgIpc) is 2.70. The lowest BCUT2D eigenvalue weighted by atomic mass is 9.78. The van der Waals surface area contributed by atoms with Gasteiger partial charge < -0.3 is 5.32 Å². The van der Waals surface area contributed by atoms with Crippen LogP contribution in [0.1, 0.15) is 37.7 Å². The van der Waals surface area contributed by atoms with Gasteiger partial charge in [-0.05, 0) is 36.9 Å². The molecular formula is C14H17FN2S. The highest BCUT2D eigenvalue weighted by atomic mass is 32.1. The molecule has 2 heterocycles. The highest BCUT2D eigenvalue weighted by Gasteiger charge is 2.35. The predicted molar refractivity (Wildman–Crippen MR) is 73.3 cm³/mol. The molecule has 0 saturated carbocycles. The van der Waals surface area contributed by atoms with Gasteiger partial charge in [0.25, 0.3) is 0 Å². The first kappa shape index (κ1) is 12.1. The maximum atomic E-state index is 13.2. The zero-order valence-electron chi connectivity index (χ0n) is 10.7. The van der Waals surface area contributed by atoms with Crippen molar-refractivity contribution in [3.8, 4) is 0 Å². The molecule has 1 atom stereocenters. The molecule has 0 aliphatic carbocycles. The van der Waals surface area contributed by atoms with Gasteiger partial charge in [-0.15, -0.1) is 11.3 Å². The van der Waals surface area contributed by atoms with Crippen molar-refractivity contribution in [1.82, 2.24) is 10.3 Å². The highest BCUT2D eigenvalue weighted by Crippen LogP contribution is 2.42. The Hall–Kier alpha value is -1.00. The molecule has 0 spiro atoms. The number of rotatable bonds is 1. The van der Waals surface area contributed by atoms with Crippen LogP contribution in [0, 0.1) is 11.2 Å². The summed E-state index contributed by atoms with van der Waals surface area (Å²) >= 11 is 1.67. The van der Waals surface area contributed by atoms with Crippen LogP contribution in [0.3, 0.4) is 0 Å². The summed E-state index contributed by atoms with van der Waals surface area (Å²) in [5, 5.41) is 4.64. The minimum absolute atomic E-state index is 0.213. The second-order valence-electron chi connectivity index (χ2n) is 5.64. The van der Waals surface area contributed by atoms with Crippen molar-refractivity contribution >= 4 is 21.6 Å². The Bertz CT molecular complexity index is 576. The Morgan fingerprint density at radius 1 is 1.44 bits per heavy atom. The van der Waals surface area contributed by atoms with Crippen LogP contribution in [0.5, 0.6) is 0 Å². The molecule has 4 heteroatoms. The monoisotopic (exact) mass is 264 g/mol. The summed E-state index contributed by atoms with van der Waals surface area (Å²) in [7, 11) is 0. The van der Waals surface area contributed by atoms with Gasteiger partial charge in [0.2, 0.25) is 0 Å². The van der Waals surface area contributed by atoms with E-state index in [9.17, 15) is 4.39 Å². The lowest BCUT2D eigenvalue weighted by Gasteiger charge is -2.38. The van der Waals surface area contributed by atoms with Crippen molar-refractivity contribution in [3.05, 3.63) is 29.0 Å². The maximum Gasteiger partial charge on any atom is 0.125 e. The topological polar surface area (TPSA) is 24.9 Å². The summed E-state index contributed by atoms with van der Waals surface area (Å²) in [6, 6.07) is 5.13. The molecule has 0 bridgehead atoms. The zero-order valence-corrected chi connectivity index (χ0v) is 11.5. The van der Waals surface area contributed by atoms with Crippen LogP contribution in [0.25, 0.3) is 10.2 Å². The van der Waals surface area contributed by atoms with Crippen LogP contribution in [0.2, 0.25) is 0 Å². The third-order valence-corrected chi connectivity index (χ3v) is 4.84. The van der Waals surface area contributed by atoms with Crippen LogP contribution >= 0.6 is 11.3 Å². The second-order valence-corrected chi connectivity index (χ2v) is 6.71. The van der Waals surface area contributed by atoms with Gasteiger partial charge in [-0.3, -0.25) is 0 Å². The number of hydrogen-bond donors (Lipinski definition) is 1. The molecule has 1 N–H and O–H groups in total. The Morgan fingerprint density at radius 2 is 2.28 bits per heavy atom. The van der Waals surface area contributed by atoms with Gasteiger partial charge in [0.15, 0.2) is 0 Å². The second kappa shape index (κ2) is 4.28. The highest BCUT2D eigenvalue weighted by molar-refractivity contribution is 7.18. The zero-order chi connectivity index (χ0) is 12.8. The first-order valence-electron chi connectivity index (χ1n) is 6.36. The summed E-state index contributed by atoms with van der Waals surface area (Å²) < 4.78 is 14.3. The van der Waals surface area contributed by atoms with Crippen LogP contribution in [-0.4, -0.2) is 11.5 Å². The van der Waals surface area contributed by atoms with Crippen LogP contribution in [-0.2, 0) is 0 Å². The number of aromatic nitrogens is 1. The number of piperidine rings is 1. The Morgan fingerprint density at radius 3 is 3.06 bits per heavy atom. The van der Waals surface area contributed by atoms with E-state index in [1.54, 1.807) is 11.3 Å². The van der Waals surface area contributed by atoms with E-state index in [1.165, 1.54) is 25.0 Å². The van der Waals surface area contributed by atoms with Crippen molar-refractivity contribution in [3.63, 3.8) is 0 Å². The summed E-state index contributed by atoms with van der Waals surface area (Å²) in [4.78, 5) is 4.61. The molecule has 1 saturated heterocycles. The predicted octanol–water partition coefficient (Wildman–Crippen LogP) is 3.89. The number of hydrogen-bond acceptors (Lipinski definition) is 3. The van der Waals surface area contributed by atoms with Gasteiger partial charge in [0, 0.05) is 6.07 Å². The van der Waals surface area contributed by atoms with Gasteiger partial charge in [-0.1, -0.05) is 13.8 Å². The van der Waals surface area contributed by atoms with Gasteiger partial charge in [0.1, 0.15) is 10.8 Å². The molecule has 0 radical (unpaired) electrons. The van der Waals surface area contributed by atoms with E-state index in [2.05, 4.69) is 24.1 Å². The molecule has 2 nitrogen and oxygen atoms in total. The number of halogens is 1. The third kappa shape index (κ3) is 2.04. The Balaban J connectivity index is 2.03. The van der Waals surface area contributed by atoms with E-state index < -0.39 is 0 Å². The van der Waals surface area contributed by atoms with Crippen LogP contribution in [0.15, 0.2) is 18.2 Å². The van der Waals surface area contributed by atoms with Crippen molar-refractivity contribution in [2.24, 2.45) is 5.41 Å². The molecule has 1 aromatic carbocycles. The summed E-state index contributed by atoms with van der Waals surface area (Å²) in [5.41, 5.74) is 0.989. The average molecular weight is 264 g/mol. The lowest BCUT2D eigenvalue weighted by molar-refractivity contribution is 0.181. The first-order chi connectivity index (χ1) is 8.56. The van der Waals surface area contributed by atoms with Crippen molar-refractivity contribution in [2.45, 2.75) is 32.7 Å². The molecule has 1 unspecified atom stereocenters. The number of nitrogens with one attached hydrogen (secondary N) is 1. The fourth-order valence-electron chi connectivity index (χ4n) is 2.67. The van der Waals surface area contributed by atoms with Crippen molar-refractivity contribution in [2.75, 3.05) is 6.54 Å². The first-order valence-corrected chi connectivity index (χ1v) is 7.17. The molecular weight excluding hydrogens is 247 g/mol. The largest absolute Gasteiger partial charge is 0.307 e. The Kier molecular flexibility index (Phi) is 2.87. The smallest absolute Gasteiger partial charge is 0.125 e. The normalized spacial score (nSPS) is 23.4. The molecule has 18 heavy (non-hydrogen) atoms. The van der Waals surface area contributed by atoms with E-state index in [1.807, 2.05) is 6.07 Å².